The smallest absolute Gasteiger partial charge is 0.532 e. The van der Waals surface area contributed by atoms with E-state index < -0.39 is 5.97 Å². The first-order valence-corrected chi connectivity index (χ1v) is 4.26. The number of ether oxygens (including phenoxy) is 2. The van der Waals surface area contributed by atoms with Crippen molar-refractivity contribution >= 4 is 13.7 Å². The Morgan fingerprint density at radius 2 is 1.75 bits per heavy atom. The van der Waals surface area contributed by atoms with Gasteiger partial charge in [0.15, 0.2) is 17.2 Å². The maximum Gasteiger partial charge on any atom is 0.569 e. The molecule has 0 bridgehead atoms. The number of benzene rings is 1. The quantitative estimate of drug-likeness (QED) is 0.701. The fraction of sp³-hybridized carbons (Fsp3) is 0.222. The fourth-order valence-electron chi connectivity index (χ4n) is 1.17. The van der Waals surface area contributed by atoms with Gasteiger partial charge in [-0.25, -0.2) is 4.79 Å². The summed E-state index contributed by atoms with van der Waals surface area (Å²) in [6, 6.07) is 2.54. The van der Waals surface area contributed by atoms with Crippen LogP contribution >= 0.6 is 0 Å². The first-order valence-electron chi connectivity index (χ1n) is 4.26. The Labute approximate surface area is 92.7 Å². The number of hydrogen-bond acceptors (Lipinski definition) is 5. The van der Waals surface area contributed by atoms with Gasteiger partial charge in [0.1, 0.15) is 0 Å². The zero-order valence-electron chi connectivity index (χ0n) is 8.76. The average Bonchev–Trinajstić information content (AvgIpc) is 2.29. The molecule has 0 saturated heterocycles. The molecule has 1 aromatic rings. The van der Waals surface area contributed by atoms with Crippen LogP contribution in [0.15, 0.2) is 12.1 Å². The Morgan fingerprint density at radius 1 is 1.25 bits per heavy atom. The van der Waals surface area contributed by atoms with Gasteiger partial charge in [0.25, 0.3) is 0 Å². The van der Waals surface area contributed by atoms with Gasteiger partial charge >= 0.3 is 13.7 Å². The number of methoxy groups -OCH3 is 2. The number of carbonyl (C=O) groups is 1. The Hall–Kier alpha value is -1.89. The third kappa shape index (κ3) is 2.37. The first-order chi connectivity index (χ1) is 7.63. The van der Waals surface area contributed by atoms with Gasteiger partial charge in [-0.15, -0.1) is 0 Å². The van der Waals surface area contributed by atoms with E-state index in [1.165, 1.54) is 26.4 Å². The lowest BCUT2D eigenvalue weighted by molar-refractivity contribution is 0.0696. The summed E-state index contributed by atoms with van der Waals surface area (Å²) in [6.45, 7) is 0. The van der Waals surface area contributed by atoms with Crippen molar-refractivity contribution in [3.05, 3.63) is 17.7 Å². The van der Waals surface area contributed by atoms with Crippen LogP contribution in [0.4, 0.5) is 0 Å². The molecule has 0 aliphatic carbocycles. The minimum Gasteiger partial charge on any atom is -0.532 e. The highest BCUT2D eigenvalue weighted by atomic mass is 16.5. The number of rotatable bonds is 5. The number of hydrogen-bond donors (Lipinski definition) is 2. The van der Waals surface area contributed by atoms with Gasteiger partial charge in [-0.05, 0) is 12.1 Å². The van der Waals surface area contributed by atoms with Crippen molar-refractivity contribution in [2.24, 2.45) is 0 Å². The molecule has 0 spiro atoms. The van der Waals surface area contributed by atoms with E-state index in [1.54, 1.807) is 0 Å². The second kappa shape index (κ2) is 5.27. The molecule has 0 amide bonds. The number of aromatic carboxylic acids is 1. The third-order valence-electron chi connectivity index (χ3n) is 1.88. The summed E-state index contributed by atoms with van der Waals surface area (Å²) in [7, 11) is 3.16. The van der Waals surface area contributed by atoms with Gasteiger partial charge in [0.2, 0.25) is 0 Å². The van der Waals surface area contributed by atoms with Crippen molar-refractivity contribution < 1.29 is 29.1 Å². The maximum absolute atomic E-state index is 10.8. The Bertz CT molecular complexity index is 367. The molecule has 16 heavy (non-hydrogen) atoms. The van der Waals surface area contributed by atoms with Crippen molar-refractivity contribution in [3.8, 4) is 17.2 Å². The first kappa shape index (κ1) is 12.2. The topological polar surface area (TPSA) is 85.2 Å². The van der Waals surface area contributed by atoms with E-state index in [2.05, 4.69) is 0 Å². The molecule has 0 heterocycles. The van der Waals surface area contributed by atoms with Crippen LogP contribution in [0.5, 0.6) is 17.2 Å². The van der Waals surface area contributed by atoms with Crippen LogP contribution in [0.3, 0.4) is 0 Å². The summed E-state index contributed by atoms with van der Waals surface area (Å²) in [4.78, 5) is 10.8. The molecule has 0 unspecified atom stereocenters. The predicted octanol–water partition coefficient (Wildman–Crippen LogP) is 0.307. The molecule has 0 aliphatic rings. The largest absolute Gasteiger partial charge is 0.569 e. The van der Waals surface area contributed by atoms with E-state index in [1.807, 2.05) is 0 Å². The van der Waals surface area contributed by atoms with Crippen LogP contribution in [0.2, 0.25) is 0 Å². The Balaban J connectivity index is 3.30. The molecule has 6 nitrogen and oxygen atoms in total. The maximum atomic E-state index is 10.8. The Morgan fingerprint density at radius 3 is 2.06 bits per heavy atom. The molecule has 1 radical (unpaired) electrons. The van der Waals surface area contributed by atoms with Crippen LogP contribution in [0.1, 0.15) is 10.4 Å². The lowest BCUT2D eigenvalue weighted by Crippen LogP contribution is -2.06. The molecule has 7 heteroatoms. The summed E-state index contributed by atoms with van der Waals surface area (Å²) < 4.78 is 14.6. The molecular weight excluding hydrogens is 215 g/mol. The second-order valence-corrected chi connectivity index (χ2v) is 2.74. The lowest BCUT2D eigenvalue weighted by atomic mass is 10.1. The minimum absolute atomic E-state index is 0.000935. The van der Waals surface area contributed by atoms with Gasteiger partial charge < -0.3 is 24.3 Å². The zero-order chi connectivity index (χ0) is 12.1. The zero-order valence-corrected chi connectivity index (χ0v) is 8.76. The Kier molecular flexibility index (Phi) is 4.01. The van der Waals surface area contributed by atoms with Gasteiger partial charge in [0, 0.05) is 0 Å². The van der Waals surface area contributed by atoms with E-state index in [-0.39, 0.29) is 22.8 Å². The molecular formula is C9H10BO6. The third-order valence-corrected chi connectivity index (χ3v) is 1.88. The standard InChI is InChI=1S/C9H10BO6/c1-14-6-3-5(9(11)12)4-7(15-2)8(6)16-10-13/h3-4,13H,1-2H3,(H,11,12). The van der Waals surface area contributed by atoms with Crippen LogP contribution in [-0.2, 0) is 0 Å². The number of carboxylic acid groups (broad SMARTS) is 1. The number of carboxylic acids is 1. The van der Waals surface area contributed by atoms with Crippen LogP contribution in [-0.4, -0.2) is 38.0 Å². The molecule has 0 fully saturated rings. The summed E-state index contributed by atoms with van der Waals surface area (Å²) >= 11 is 0. The average molecular weight is 225 g/mol. The van der Waals surface area contributed by atoms with E-state index >= 15 is 0 Å². The van der Waals surface area contributed by atoms with E-state index in [0.717, 1.165) is 0 Å². The summed E-state index contributed by atoms with van der Waals surface area (Å²) in [5, 5.41) is 17.4. The summed E-state index contributed by atoms with van der Waals surface area (Å²) in [5.74, 6) is -0.697. The van der Waals surface area contributed by atoms with Crippen molar-refractivity contribution in [2.45, 2.75) is 0 Å². The molecule has 1 aromatic carbocycles. The molecule has 0 atom stereocenters. The second-order valence-electron chi connectivity index (χ2n) is 2.74. The van der Waals surface area contributed by atoms with Gasteiger partial charge in [-0.1, -0.05) is 0 Å². The van der Waals surface area contributed by atoms with E-state index in [4.69, 9.17) is 24.3 Å². The highest BCUT2D eigenvalue weighted by molar-refractivity contribution is 6.17. The molecule has 0 aliphatic heterocycles. The van der Waals surface area contributed by atoms with E-state index in [9.17, 15) is 4.79 Å². The normalized spacial score (nSPS) is 9.44. The van der Waals surface area contributed by atoms with Crippen molar-refractivity contribution in [1.29, 1.82) is 0 Å². The molecule has 0 saturated carbocycles. The van der Waals surface area contributed by atoms with Crippen molar-refractivity contribution in [3.63, 3.8) is 0 Å². The van der Waals surface area contributed by atoms with Crippen LogP contribution < -0.4 is 14.1 Å². The van der Waals surface area contributed by atoms with Gasteiger partial charge in [0.05, 0.1) is 19.8 Å². The van der Waals surface area contributed by atoms with Crippen molar-refractivity contribution in [1.82, 2.24) is 0 Å². The SMILES string of the molecule is COc1cc(C(=O)O)cc(OC)c1O[B]O. The van der Waals surface area contributed by atoms with E-state index in [0.29, 0.717) is 7.69 Å². The van der Waals surface area contributed by atoms with Crippen molar-refractivity contribution in [2.75, 3.05) is 14.2 Å². The molecule has 1 rings (SSSR count). The molecule has 2 N–H and O–H groups in total. The monoisotopic (exact) mass is 225 g/mol. The van der Waals surface area contributed by atoms with Crippen LogP contribution in [0.25, 0.3) is 0 Å². The highest BCUT2D eigenvalue weighted by Crippen LogP contribution is 2.38. The minimum atomic E-state index is -1.11. The summed E-state index contributed by atoms with van der Waals surface area (Å²) in [6.07, 6.45) is 0. The predicted molar refractivity (Wildman–Crippen MR) is 55.1 cm³/mol. The molecule has 85 valence electrons. The van der Waals surface area contributed by atoms with Gasteiger partial charge in [-0.2, -0.15) is 0 Å². The summed E-state index contributed by atoms with van der Waals surface area (Å²) in [5.41, 5.74) is -0.000935. The van der Waals surface area contributed by atoms with Gasteiger partial charge in [-0.3, -0.25) is 0 Å². The van der Waals surface area contributed by atoms with Crippen LogP contribution in [0, 0.1) is 0 Å². The lowest BCUT2D eigenvalue weighted by Gasteiger charge is -2.13. The molecule has 0 aromatic heterocycles. The fourth-order valence-corrected chi connectivity index (χ4v) is 1.17. The highest BCUT2D eigenvalue weighted by Gasteiger charge is 2.17.